The highest BCUT2D eigenvalue weighted by atomic mass is 32.1. The van der Waals surface area contributed by atoms with Crippen molar-refractivity contribution in [3.63, 3.8) is 0 Å². The van der Waals surface area contributed by atoms with Gasteiger partial charge in [0.15, 0.2) is 0 Å². The van der Waals surface area contributed by atoms with Gasteiger partial charge >= 0.3 is 0 Å². The quantitative estimate of drug-likeness (QED) is 0.798. The van der Waals surface area contributed by atoms with Gasteiger partial charge in [-0.25, -0.2) is 9.97 Å². The van der Waals surface area contributed by atoms with E-state index in [0.29, 0.717) is 22.6 Å². The van der Waals surface area contributed by atoms with Crippen LogP contribution >= 0.6 is 12.2 Å². The molecule has 0 radical (unpaired) electrons. The molecule has 0 atom stereocenters. The summed E-state index contributed by atoms with van der Waals surface area (Å²) >= 11 is 4.88. The number of anilines is 1. The average molecular weight is 264 g/mol. The molecule has 1 fully saturated rings. The van der Waals surface area contributed by atoms with Gasteiger partial charge in [-0.2, -0.15) is 0 Å². The molecule has 1 aromatic heterocycles. The maximum atomic E-state index is 5.53. The lowest BCUT2D eigenvalue weighted by atomic mass is 10.1. The first-order chi connectivity index (χ1) is 8.58. The maximum absolute atomic E-state index is 5.53. The highest BCUT2D eigenvalue weighted by Crippen LogP contribution is 2.30. The zero-order valence-corrected chi connectivity index (χ0v) is 11.8. The van der Waals surface area contributed by atoms with Gasteiger partial charge in [-0.05, 0) is 25.2 Å². The molecule has 1 saturated carbocycles. The normalized spacial score (nSPS) is 14.8. The van der Waals surface area contributed by atoms with E-state index in [9.17, 15) is 0 Å². The summed E-state index contributed by atoms with van der Waals surface area (Å²) in [5, 5.41) is 0. The van der Waals surface area contributed by atoms with E-state index in [2.05, 4.69) is 28.7 Å². The number of nitrogens with two attached hydrogens (primary N) is 1. The smallest absolute Gasteiger partial charge is 0.147 e. The molecule has 98 valence electrons. The zero-order chi connectivity index (χ0) is 13.1. The molecule has 5 heteroatoms. The van der Waals surface area contributed by atoms with Crippen molar-refractivity contribution < 1.29 is 0 Å². The second-order valence-electron chi connectivity index (χ2n) is 5.23. The largest absolute Gasteiger partial charge is 0.388 e. The molecule has 0 unspecified atom stereocenters. The lowest BCUT2D eigenvalue weighted by molar-refractivity contribution is 0.568. The Balaban J connectivity index is 2.07. The number of hydrogen-bond acceptors (Lipinski definition) is 4. The molecule has 1 aromatic rings. The molecule has 4 nitrogen and oxygen atoms in total. The minimum Gasteiger partial charge on any atom is -0.388 e. The Morgan fingerprint density at radius 2 is 2.17 bits per heavy atom. The number of aromatic nitrogens is 2. The van der Waals surface area contributed by atoms with Crippen LogP contribution in [0.25, 0.3) is 0 Å². The molecule has 0 aromatic carbocycles. The van der Waals surface area contributed by atoms with Crippen LogP contribution in [0.2, 0.25) is 0 Å². The van der Waals surface area contributed by atoms with E-state index in [1.165, 1.54) is 19.3 Å². The van der Waals surface area contributed by atoms with Crippen LogP contribution in [0.5, 0.6) is 0 Å². The van der Waals surface area contributed by atoms with Gasteiger partial charge in [-0.3, -0.25) is 0 Å². The Morgan fingerprint density at radius 1 is 1.44 bits per heavy atom. The van der Waals surface area contributed by atoms with Gasteiger partial charge in [0.1, 0.15) is 16.5 Å². The Hall–Kier alpha value is -1.23. The third kappa shape index (κ3) is 3.38. The molecule has 1 aliphatic carbocycles. The van der Waals surface area contributed by atoms with Crippen molar-refractivity contribution in [1.29, 1.82) is 0 Å². The van der Waals surface area contributed by atoms with E-state index in [4.69, 9.17) is 18.0 Å². The molecule has 0 spiro atoms. The van der Waals surface area contributed by atoms with Crippen molar-refractivity contribution in [2.45, 2.75) is 39.2 Å². The summed E-state index contributed by atoms with van der Waals surface area (Å²) in [7, 11) is 0. The van der Waals surface area contributed by atoms with Crippen LogP contribution in [0.4, 0.5) is 5.82 Å². The first kappa shape index (κ1) is 13.2. The monoisotopic (exact) mass is 264 g/mol. The van der Waals surface area contributed by atoms with Crippen LogP contribution in [0.15, 0.2) is 12.4 Å². The fourth-order valence-corrected chi connectivity index (χ4v) is 1.97. The molecular weight excluding hydrogens is 244 g/mol. The third-order valence-corrected chi connectivity index (χ3v) is 3.33. The first-order valence-corrected chi connectivity index (χ1v) is 6.87. The minimum atomic E-state index is 0.300. The fraction of sp³-hybridized carbons (Fsp3) is 0.615. The average Bonchev–Trinajstić information content (AvgIpc) is 3.14. The molecular formula is C13H20N4S. The van der Waals surface area contributed by atoms with E-state index in [-0.39, 0.29) is 0 Å². The topological polar surface area (TPSA) is 55.0 Å². The van der Waals surface area contributed by atoms with Gasteiger partial charge in [0.05, 0.1) is 12.4 Å². The molecule has 0 aliphatic heterocycles. The van der Waals surface area contributed by atoms with Gasteiger partial charge < -0.3 is 10.6 Å². The van der Waals surface area contributed by atoms with E-state index in [1.807, 2.05) is 0 Å². The number of rotatable bonds is 6. The summed E-state index contributed by atoms with van der Waals surface area (Å²) in [6.45, 7) is 5.53. The second-order valence-corrected chi connectivity index (χ2v) is 5.67. The Bertz CT molecular complexity index is 412. The number of nitrogens with zero attached hydrogens (tertiary/aromatic N) is 3. The lowest BCUT2D eigenvalue weighted by Crippen LogP contribution is -2.29. The van der Waals surface area contributed by atoms with Crippen LogP contribution in [-0.4, -0.2) is 27.5 Å². The van der Waals surface area contributed by atoms with Gasteiger partial charge in [-0.1, -0.05) is 26.1 Å². The van der Waals surface area contributed by atoms with Crippen LogP contribution in [0.3, 0.4) is 0 Å². The van der Waals surface area contributed by atoms with Crippen LogP contribution in [0.1, 0.15) is 38.8 Å². The predicted molar refractivity (Wildman–Crippen MR) is 77.7 cm³/mol. The fourth-order valence-electron chi connectivity index (χ4n) is 1.86. The molecule has 0 bridgehead atoms. The van der Waals surface area contributed by atoms with E-state index >= 15 is 0 Å². The molecule has 0 saturated heterocycles. The van der Waals surface area contributed by atoms with Crippen molar-refractivity contribution in [3.05, 3.63) is 18.1 Å². The summed E-state index contributed by atoms with van der Waals surface area (Å²) < 4.78 is 0. The van der Waals surface area contributed by atoms with Gasteiger partial charge in [-0.15, -0.1) is 0 Å². The zero-order valence-electron chi connectivity index (χ0n) is 11.0. The summed E-state index contributed by atoms with van der Waals surface area (Å²) in [6, 6.07) is 0.647. The van der Waals surface area contributed by atoms with Crippen molar-refractivity contribution in [2.75, 3.05) is 11.4 Å². The second kappa shape index (κ2) is 5.61. The van der Waals surface area contributed by atoms with E-state index in [1.54, 1.807) is 12.4 Å². The van der Waals surface area contributed by atoms with E-state index < -0.39 is 0 Å². The Labute approximate surface area is 114 Å². The maximum Gasteiger partial charge on any atom is 0.147 e. The van der Waals surface area contributed by atoms with Gasteiger partial charge in [0, 0.05) is 12.6 Å². The first-order valence-electron chi connectivity index (χ1n) is 6.46. The molecule has 2 N–H and O–H groups in total. The molecule has 18 heavy (non-hydrogen) atoms. The van der Waals surface area contributed by atoms with Gasteiger partial charge in [0.25, 0.3) is 0 Å². The minimum absolute atomic E-state index is 0.300. The summed E-state index contributed by atoms with van der Waals surface area (Å²) in [5.41, 5.74) is 6.12. The highest BCUT2D eigenvalue weighted by molar-refractivity contribution is 7.80. The van der Waals surface area contributed by atoms with Crippen LogP contribution in [-0.2, 0) is 0 Å². The number of thiocarbonyl (C=S) groups is 1. The number of hydrogen-bond donors (Lipinski definition) is 1. The highest BCUT2D eigenvalue weighted by Gasteiger charge is 2.29. The molecule has 2 rings (SSSR count). The molecule has 1 heterocycles. The summed E-state index contributed by atoms with van der Waals surface area (Å²) in [5.74, 6) is 1.65. The molecule has 0 amide bonds. The lowest BCUT2D eigenvalue weighted by Gasteiger charge is -2.24. The Kier molecular flexibility index (Phi) is 4.11. The van der Waals surface area contributed by atoms with Crippen molar-refractivity contribution in [2.24, 2.45) is 11.7 Å². The predicted octanol–water partition coefficient (Wildman–Crippen LogP) is 2.13. The molecule has 1 aliphatic rings. The van der Waals surface area contributed by atoms with Crippen LogP contribution < -0.4 is 10.6 Å². The van der Waals surface area contributed by atoms with Crippen molar-refractivity contribution in [1.82, 2.24) is 9.97 Å². The summed E-state index contributed by atoms with van der Waals surface area (Å²) in [4.78, 5) is 11.4. The third-order valence-electron chi connectivity index (χ3n) is 3.12. The van der Waals surface area contributed by atoms with E-state index in [0.717, 1.165) is 12.4 Å². The van der Waals surface area contributed by atoms with Crippen molar-refractivity contribution in [3.8, 4) is 0 Å². The standard InChI is InChI=1S/C13H20N4S/c1-9(2)5-6-17(10-3-4-10)12-8-15-11(7-16-12)13(14)18/h7-10H,3-6H2,1-2H3,(H2,14,18). The SMILES string of the molecule is CC(C)CCN(c1cnc(C(N)=S)cn1)C1CC1. The Morgan fingerprint density at radius 3 is 2.61 bits per heavy atom. The summed E-state index contributed by atoms with van der Waals surface area (Å²) in [6.07, 6.45) is 7.15. The van der Waals surface area contributed by atoms with Gasteiger partial charge in [0.2, 0.25) is 0 Å². The van der Waals surface area contributed by atoms with Crippen molar-refractivity contribution >= 4 is 23.0 Å². The van der Waals surface area contributed by atoms with Crippen LogP contribution in [0, 0.1) is 5.92 Å².